The van der Waals surface area contributed by atoms with Crippen molar-refractivity contribution in [3.8, 4) is 11.8 Å². The average Bonchev–Trinajstić information content (AvgIpc) is 3.22. The lowest BCUT2D eigenvalue weighted by atomic mass is 9.95. The van der Waals surface area contributed by atoms with Gasteiger partial charge in [-0.2, -0.15) is 10.4 Å². The first-order valence-corrected chi connectivity index (χ1v) is 10.3. The molecule has 1 aliphatic rings. The van der Waals surface area contributed by atoms with Crippen LogP contribution < -0.4 is 4.90 Å². The van der Waals surface area contributed by atoms with Gasteiger partial charge in [0, 0.05) is 16.9 Å². The topological polar surface area (TPSA) is 88.2 Å². The van der Waals surface area contributed by atoms with Crippen LogP contribution in [0.15, 0.2) is 54.6 Å². The number of anilines is 1. The highest BCUT2D eigenvalue weighted by Gasteiger charge is 2.27. The third kappa shape index (κ3) is 4.37. The zero-order valence-electron chi connectivity index (χ0n) is 17.3. The van der Waals surface area contributed by atoms with Gasteiger partial charge in [-0.25, -0.2) is 13.9 Å². The van der Waals surface area contributed by atoms with E-state index in [2.05, 4.69) is 5.10 Å². The van der Waals surface area contributed by atoms with Gasteiger partial charge in [0.05, 0.1) is 11.8 Å². The van der Waals surface area contributed by atoms with Crippen LogP contribution in [-0.4, -0.2) is 34.8 Å². The van der Waals surface area contributed by atoms with Crippen LogP contribution in [0.2, 0.25) is 0 Å². The Bertz CT molecular complexity index is 1170. The number of hydrogen-bond donors (Lipinski definition) is 0. The SMILES string of the molecule is N#CCN(C(=O)COC(=O)c1nn(-c2ccc(F)cc2)c2c1CCCC2)c1ccccc1. The van der Waals surface area contributed by atoms with Crippen LogP contribution in [-0.2, 0) is 22.4 Å². The number of carbonyl (C=O) groups is 2. The van der Waals surface area contributed by atoms with Crippen LogP contribution in [0.1, 0.15) is 34.6 Å². The van der Waals surface area contributed by atoms with E-state index in [-0.39, 0.29) is 18.1 Å². The van der Waals surface area contributed by atoms with Gasteiger partial charge in [0.2, 0.25) is 0 Å². The van der Waals surface area contributed by atoms with Crippen molar-refractivity contribution in [1.29, 1.82) is 5.26 Å². The predicted molar refractivity (Wildman–Crippen MR) is 115 cm³/mol. The van der Waals surface area contributed by atoms with Gasteiger partial charge in [-0.05, 0) is 62.1 Å². The van der Waals surface area contributed by atoms with E-state index in [0.717, 1.165) is 30.5 Å². The number of halogens is 1. The van der Waals surface area contributed by atoms with Crippen molar-refractivity contribution in [2.45, 2.75) is 25.7 Å². The monoisotopic (exact) mass is 432 g/mol. The number of fused-ring (bicyclic) bond motifs is 1. The molecule has 1 aromatic heterocycles. The molecule has 0 saturated heterocycles. The first-order valence-electron chi connectivity index (χ1n) is 10.3. The van der Waals surface area contributed by atoms with Crippen molar-refractivity contribution in [1.82, 2.24) is 9.78 Å². The fourth-order valence-electron chi connectivity index (χ4n) is 3.83. The van der Waals surface area contributed by atoms with Gasteiger partial charge in [0.1, 0.15) is 12.4 Å². The number of nitriles is 1. The molecule has 0 N–H and O–H groups in total. The molecular formula is C24H21FN4O3. The summed E-state index contributed by atoms with van der Waals surface area (Å²) in [5.41, 5.74) is 3.08. The van der Waals surface area contributed by atoms with Crippen LogP contribution in [0.5, 0.6) is 0 Å². The van der Waals surface area contributed by atoms with Gasteiger partial charge < -0.3 is 4.74 Å². The maximum Gasteiger partial charge on any atom is 0.359 e. The maximum atomic E-state index is 13.3. The molecule has 3 aromatic rings. The van der Waals surface area contributed by atoms with Gasteiger partial charge in [-0.1, -0.05) is 18.2 Å². The Morgan fingerprint density at radius 3 is 2.53 bits per heavy atom. The quantitative estimate of drug-likeness (QED) is 0.439. The number of amides is 1. The molecular weight excluding hydrogens is 411 g/mol. The highest BCUT2D eigenvalue weighted by Crippen LogP contribution is 2.27. The van der Waals surface area contributed by atoms with E-state index in [4.69, 9.17) is 10.00 Å². The summed E-state index contributed by atoms with van der Waals surface area (Å²) in [5, 5.41) is 13.5. The van der Waals surface area contributed by atoms with E-state index in [1.807, 2.05) is 6.07 Å². The van der Waals surface area contributed by atoms with Crippen LogP contribution in [0.4, 0.5) is 10.1 Å². The summed E-state index contributed by atoms with van der Waals surface area (Å²) in [5.74, 6) is -1.55. The van der Waals surface area contributed by atoms with Crippen molar-refractivity contribution >= 4 is 17.6 Å². The summed E-state index contributed by atoms with van der Waals surface area (Å²) in [6, 6.07) is 16.6. The summed E-state index contributed by atoms with van der Waals surface area (Å²) in [6.07, 6.45) is 3.31. The number of carbonyl (C=O) groups excluding carboxylic acids is 2. The van der Waals surface area contributed by atoms with E-state index in [0.29, 0.717) is 17.8 Å². The molecule has 1 heterocycles. The number of esters is 1. The number of rotatable bonds is 6. The van der Waals surface area contributed by atoms with E-state index in [1.165, 1.54) is 17.0 Å². The van der Waals surface area contributed by atoms with Gasteiger partial charge in [0.15, 0.2) is 12.3 Å². The molecule has 0 bridgehead atoms. The fourth-order valence-corrected chi connectivity index (χ4v) is 3.83. The highest BCUT2D eigenvalue weighted by atomic mass is 19.1. The second-order valence-corrected chi connectivity index (χ2v) is 7.42. The highest BCUT2D eigenvalue weighted by molar-refractivity contribution is 5.97. The maximum absolute atomic E-state index is 13.3. The van der Waals surface area contributed by atoms with Gasteiger partial charge in [-0.15, -0.1) is 0 Å². The number of para-hydroxylation sites is 1. The molecule has 162 valence electrons. The minimum Gasteiger partial charge on any atom is -0.451 e. The average molecular weight is 432 g/mol. The second kappa shape index (κ2) is 9.43. The first-order chi connectivity index (χ1) is 15.6. The molecule has 0 fully saturated rings. The standard InChI is InChI=1S/C24H21FN4O3/c25-17-10-12-19(13-11-17)29-21-9-5-4-8-20(21)23(27-29)24(31)32-16-22(30)28(15-14-26)18-6-2-1-3-7-18/h1-3,6-7,10-13H,4-5,8-9,15-16H2. The molecule has 1 amide bonds. The summed E-state index contributed by atoms with van der Waals surface area (Å²) in [4.78, 5) is 26.8. The van der Waals surface area contributed by atoms with E-state index in [9.17, 15) is 14.0 Å². The van der Waals surface area contributed by atoms with Crippen molar-refractivity contribution in [2.75, 3.05) is 18.1 Å². The Morgan fingerprint density at radius 1 is 1.09 bits per heavy atom. The van der Waals surface area contributed by atoms with Gasteiger partial charge in [-0.3, -0.25) is 9.69 Å². The fraction of sp³-hybridized carbons (Fsp3) is 0.250. The number of nitrogens with zero attached hydrogens (tertiary/aromatic N) is 4. The molecule has 0 atom stereocenters. The third-order valence-corrected chi connectivity index (χ3v) is 5.37. The zero-order valence-corrected chi connectivity index (χ0v) is 17.3. The second-order valence-electron chi connectivity index (χ2n) is 7.42. The van der Waals surface area contributed by atoms with Crippen LogP contribution in [0, 0.1) is 17.1 Å². The summed E-state index contributed by atoms with van der Waals surface area (Å²) in [6.45, 7) is -0.664. The molecule has 0 spiro atoms. The van der Waals surface area contributed by atoms with E-state index < -0.39 is 18.5 Å². The normalized spacial score (nSPS) is 12.5. The van der Waals surface area contributed by atoms with Crippen LogP contribution in [0.25, 0.3) is 5.69 Å². The van der Waals surface area contributed by atoms with Gasteiger partial charge in [0.25, 0.3) is 5.91 Å². The Morgan fingerprint density at radius 2 is 1.81 bits per heavy atom. The van der Waals surface area contributed by atoms with E-state index >= 15 is 0 Å². The number of hydrogen-bond acceptors (Lipinski definition) is 5. The minimum absolute atomic E-state index is 0.158. The number of aromatic nitrogens is 2. The molecule has 0 unspecified atom stereocenters. The zero-order chi connectivity index (χ0) is 22.5. The minimum atomic E-state index is -0.692. The number of benzene rings is 2. The smallest absolute Gasteiger partial charge is 0.359 e. The molecule has 0 aliphatic heterocycles. The first kappa shape index (κ1) is 21.2. The predicted octanol–water partition coefficient (Wildman–Crippen LogP) is 3.60. The van der Waals surface area contributed by atoms with Crippen molar-refractivity contribution in [2.24, 2.45) is 0 Å². The molecule has 32 heavy (non-hydrogen) atoms. The Hall–Kier alpha value is -3.99. The molecule has 1 aliphatic carbocycles. The molecule has 4 rings (SSSR count). The Kier molecular flexibility index (Phi) is 6.26. The third-order valence-electron chi connectivity index (χ3n) is 5.37. The Labute approximate surface area is 184 Å². The summed E-state index contributed by atoms with van der Waals surface area (Å²) >= 11 is 0. The lowest BCUT2D eigenvalue weighted by Crippen LogP contribution is -2.35. The number of ether oxygens (including phenoxy) is 1. The lowest BCUT2D eigenvalue weighted by molar-refractivity contribution is -0.121. The molecule has 0 radical (unpaired) electrons. The molecule has 2 aromatic carbocycles. The van der Waals surface area contributed by atoms with Crippen molar-refractivity contribution in [3.63, 3.8) is 0 Å². The van der Waals surface area contributed by atoms with Gasteiger partial charge >= 0.3 is 5.97 Å². The lowest BCUT2D eigenvalue weighted by Gasteiger charge is -2.19. The van der Waals surface area contributed by atoms with Crippen LogP contribution >= 0.6 is 0 Å². The van der Waals surface area contributed by atoms with E-state index in [1.54, 1.807) is 47.1 Å². The molecule has 8 heteroatoms. The molecule has 7 nitrogen and oxygen atoms in total. The largest absolute Gasteiger partial charge is 0.451 e. The van der Waals surface area contributed by atoms with Crippen molar-refractivity contribution in [3.05, 3.63) is 77.4 Å². The van der Waals surface area contributed by atoms with Crippen molar-refractivity contribution < 1.29 is 18.7 Å². The van der Waals surface area contributed by atoms with Crippen LogP contribution in [0.3, 0.4) is 0 Å². The Balaban J connectivity index is 1.54. The summed E-state index contributed by atoms with van der Waals surface area (Å²) in [7, 11) is 0. The summed E-state index contributed by atoms with van der Waals surface area (Å²) < 4.78 is 20.3. The molecule has 0 saturated carbocycles.